The van der Waals surface area contributed by atoms with Crippen LogP contribution in [-0.4, -0.2) is 39.1 Å². The number of benzene rings is 2. The van der Waals surface area contributed by atoms with Crippen LogP contribution in [-0.2, 0) is 22.6 Å². The van der Waals surface area contributed by atoms with Crippen molar-refractivity contribution < 1.29 is 59.5 Å². The molecule has 36 heavy (non-hydrogen) atoms. The molecule has 0 unspecified atom stereocenters. The summed E-state index contributed by atoms with van der Waals surface area (Å²) in [4.78, 5) is 13.8. The number of thiophene rings is 2. The SMILES string of the molecule is Cc1ccc2sc(COC3=C(Cc4cc5cc(C)ccc5s4)[C@@](O)(C(=O)[O-])C[C@@H](O)[C@@H]3O)cc2c1.[Na+]. The summed E-state index contributed by atoms with van der Waals surface area (Å²) in [5.41, 5.74) is -0.213. The molecule has 2 aromatic heterocycles. The maximum absolute atomic E-state index is 12.1. The number of carbonyl (C=O) groups is 1. The van der Waals surface area contributed by atoms with Crippen LogP contribution in [0.4, 0.5) is 0 Å². The van der Waals surface area contributed by atoms with Gasteiger partial charge in [-0.15, -0.1) is 22.7 Å². The van der Waals surface area contributed by atoms with Gasteiger partial charge in [0.15, 0.2) is 0 Å². The molecule has 0 radical (unpaired) electrons. The fraction of sp³-hybridized carbons (Fsp3) is 0.296. The van der Waals surface area contributed by atoms with Crippen LogP contribution in [0.25, 0.3) is 20.2 Å². The molecule has 2 aromatic carbocycles. The topological polar surface area (TPSA) is 110 Å². The minimum absolute atomic E-state index is 0. The summed E-state index contributed by atoms with van der Waals surface area (Å²) < 4.78 is 8.08. The van der Waals surface area contributed by atoms with Crippen LogP contribution >= 0.6 is 22.7 Å². The minimum Gasteiger partial charge on any atom is -0.547 e. The first-order valence-corrected chi connectivity index (χ1v) is 12.9. The Morgan fingerprint density at radius 1 is 1.00 bits per heavy atom. The van der Waals surface area contributed by atoms with Crippen molar-refractivity contribution in [2.45, 2.75) is 51.1 Å². The summed E-state index contributed by atoms with van der Waals surface area (Å²) in [5.74, 6) is -1.84. The third-order valence-corrected chi connectivity index (χ3v) is 8.64. The van der Waals surface area contributed by atoms with Gasteiger partial charge in [0.1, 0.15) is 24.1 Å². The molecule has 9 heteroatoms. The molecule has 1 aliphatic carbocycles. The maximum atomic E-state index is 12.1. The predicted octanol–water partition coefficient (Wildman–Crippen LogP) is 0.357. The summed E-state index contributed by atoms with van der Waals surface area (Å²) in [6.45, 7) is 4.07. The average Bonchev–Trinajstić information content (AvgIpc) is 3.39. The first-order chi connectivity index (χ1) is 16.6. The van der Waals surface area contributed by atoms with Crippen LogP contribution in [0.1, 0.15) is 27.3 Å². The summed E-state index contributed by atoms with van der Waals surface area (Å²) in [5, 5.41) is 46.5. The van der Waals surface area contributed by atoms with Gasteiger partial charge in [-0.2, -0.15) is 0 Å². The molecule has 4 aromatic rings. The van der Waals surface area contributed by atoms with Crippen LogP contribution in [0.3, 0.4) is 0 Å². The molecule has 3 atom stereocenters. The third-order valence-electron chi connectivity index (χ3n) is 6.44. The molecular weight excluding hydrogens is 507 g/mol. The van der Waals surface area contributed by atoms with E-state index in [1.165, 1.54) is 22.7 Å². The molecule has 3 N–H and O–H groups in total. The van der Waals surface area contributed by atoms with Crippen molar-refractivity contribution in [3.63, 3.8) is 0 Å². The first-order valence-electron chi connectivity index (χ1n) is 11.3. The van der Waals surface area contributed by atoms with Crippen LogP contribution in [0.2, 0.25) is 0 Å². The van der Waals surface area contributed by atoms with E-state index in [-0.39, 0.29) is 53.9 Å². The van der Waals surface area contributed by atoms with Crippen LogP contribution < -0.4 is 34.7 Å². The number of aliphatic carboxylic acids is 1. The predicted molar refractivity (Wildman–Crippen MR) is 135 cm³/mol. The number of rotatable bonds is 6. The molecule has 0 saturated heterocycles. The van der Waals surface area contributed by atoms with Crippen molar-refractivity contribution in [1.29, 1.82) is 0 Å². The van der Waals surface area contributed by atoms with E-state index in [4.69, 9.17) is 4.74 Å². The summed E-state index contributed by atoms with van der Waals surface area (Å²) >= 11 is 3.01. The van der Waals surface area contributed by atoms with Gasteiger partial charge in [-0.3, -0.25) is 0 Å². The molecule has 0 saturated carbocycles. The van der Waals surface area contributed by atoms with E-state index < -0.39 is 30.2 Å². The van der Waals surface area contributed by atoms with E-state index in [1.807, 2.05) is 56.3 Å². The molecule has 6 nitrogen and oxygen atoms in total. The van der Waals surface area contributed by atoms with Crippen molar-refractivity contribution in [2.24, 2.45) is 0 Å². The monoisotopic (exact) mass is 532 g/mol. The maximum Gasteiger partial charge on any atom is 1.00 e. The fourth-order valence-corrected chi connectivity index (χ4v) is 6.64. The largest absolute Gasteiger partial charge is 1.00 e. The van der Waals surface area contributed by atoms with Gasteiger partial charge in [-0.1, -0.05) is 35.4 Å². The van der Waals surface area contributed by atoms with E-state index in [1.54, 1.807) is 0 Å². The number of hydrogen-bond donors (Lipinski definition) is 3. The number of hydrogen-bond acceptors (Lipinski definition) is 8. The van der Waals surface area contributed by atoms with Crippen LogP contribution in [0.5, 0.6) is 0 Å². The summed E-state index contributed by atoms with van der Waals surface area (Å²) in [6, 6.07) is 16.1. The Balaban J connectivity index is 0.00000304. The van der Waals surface area contributed by atoms with Gasteiger partial charge in [0.2, 0.25) is 0 Å². The zero-order valence-corrected chi connectivity index (χ0v) is 23.9. The minimum atomic E-state index is -2.46. The normalized spacial score (nSPS) is 22.1. The molecule has 0 spiro atoms. The number of carboxylic acids is 1. The fourth-order valence-electron chi connectivity index (χ4n) is 4.62. The van der Waals surface area contributed by atoms with Gasteiger partial charge in [0.05, 0.1) is 12.1 Å². The molecule has 0 fully saturated rings. The quantitative estimate of drug-likeness (QED) is 0.310. The number of carboxylic acid groups (broad SMARTS) is 1. The Kier molecular flexibility index (Phi) is 8.00. The number of aryl methyl sites for hydroxylation is 2. The van der Waals surface area contributed by atoms with Crippen molar-refractivity contribution in [3.8, 4) is 0 Å². The Hall–Kier alpha value is -1.75. The molecule has 5 rings (SSSR count). The standard InChI is InChI=1S/C27H26O6S2.Na/c1-14-3-5-22-16(7-14)9-18(34-22)11-20-25(24(29)21(28)12-27(20,32)26(30)31)33-13-19-10-17-8-15(2)4-6-23(17)35-19;/h3-10,21,24,28-29,32H,11-13H2,1-2H3,(H,30,31);/q;+1/p-1/t21-,24+,27-;/m1./s1. The van der Waals surface area contributed by atoms with Gasteiger partial charge in [0, 0.05) is 37.6 Å². The number of carbonyl (C=O) groups excluding carboxylic acids is 1. The zero-order chi connectivity index (χ0) is 24.9. The second kappa shape index (κ2) is 10.6. The van der Waals surface area contributed by atoms with E-state index in [0.717, 1.165) is 41.1 Å². The Bertz CT molecular complexity index is 1470. The van der Waals surface area contributed by atoms with Gasteiger partial charge < -0.3 is 30.0 Å². The number of aliphatic hydroxyl groups excluding tert-OH is 2. The van der Waals surface area contributed by atoms with Crippen molar-refractivity contribution in [2.75, 3.05) is 0 Å². The second-order valence-corrected chi connectivity index (χ2v) is 11.5. The summed E-state index contributed by atoms with van der Waals surface area (Å²) in [6.07, 6.45) is -3.50. The molecule has 0 aliphatic heterocycles. The van der Waals surface area contributed by atoms with Gasteiger partial charge in [-0.25, -0.2) is 0 Å². The Morgan fingerprint density at radius 3 is 2.14 bits per heavy atom. The Labute approximate surface area is 238 Å². The number of ether oxygens (including phenoxy) is 1. The smallest absolute Gasteiger partial charge is 0.547 e. The summed E-state index contributed by atoms with van der Waals surface area (Å²) in [7, 11) is 0. The Morgan fingerprint density at radius 2 is 1.56 bits per heavy atom. The molecule has 182 valence electrons. The average molecular weight is 533 g/mol. The van der Waals surface area contributed by atoms with Crippen LogP contribution in [0.15, 0.2) is 59.9 Å². The van der Waals surface area contributed by atoms with Crippen LogP contribution in [0, 0.1) is 13.8 Å². The van der Waals surface area contributed by atoms with E-state index in [0.29, 0.717) is 0 Å². The molecule has 2 heterocycles. The van der Waals surface area contributed by atoms with Gasteiger partial charge >= 0.3 is 29.6 Å². The first kappa shape index (κ1) is 27.3. The third kappa shape index (κ3) is 5.14. The molecule has 0 bridgehead atoms. The number of fused-ring (bicyclic) bond motifs is 2. The van der Waals surface area contributed by atoms with Crippen molar-refractivity contribution in [3.05, 3.63) is 80.7 Å². The second-order valence-electron chi connectivity index (χ2n) is 9.18. The van der Waals surface area contributed by atoms with Gasteiger partial charge in [-0.05, 0) is 48.9 Å². The van der Waals surface area contributed by atoms with Gasteiger partial charge in [0.25, 0.3) is 0 Å². The van der Waals surface area contributed by atoms with Crippen molar-refractivity contribution >= 4 is 48.8 Å². The zero-order valence-electron chi connectivity index (χ0n) is 20.3. The van der Waals surface area contributed by atoms with E-state index in [2.05, 4.69) is 6.07 Å². The van der Waals surface area contributed by atoms with E-state index >= 15 is 0 Å². The van der Waals surface area contributed by atoms with Crippen molar-refractivity contribution in [1.82, 2.24) is 0 Å². The molecule has 1 aliphatic rings. The molecular formula is C27H25NaO6S2. The van der Waals surface area contributed by atoms with E-state index in [9.17, 15) is 25.2 Å². The molecule has 0 amide bonds. The number of aliphatic hydroxyl groups is 3.